The van der Waals surface area contributed by atoms with Crippen LogP contribution < -0.4 is 4.72 Å². The summed E-state index contributed by atoms with van der Waals surface area (Å²) in [6.45, 7) is 0. The molecular formula is C7H13NO2S. The van der Waals surface area contributed by atoms with Crippen molar-refractivity contribution in [2.75, 3.05) is 7.05 Å². The maximum atomic E-state index is 11.2. The fourth-order valence-electron chi connectivity index (χ4n) is 1.21. The van der Waals surface area contributed by atoms with Gasteiger partial charge in [-0.05, 0) is 26.3 Å². The van der Waals surface area contributed by atoms with Gasteiger partial charge in [0.1, 0.15) is 0 Å². The smallest absolute Gasteiger partial charge is 0.214 e. The summed E-state index contributed by atoms with van der Waals surface area (Å²) in [5.41, 5.74) is 0. The first-order valence-electron chi connectivity index (χ1n) is 3.74. The molecule has 0 radical (unpaired) electrons. The highest BCUT2D eigenvalue weighted by Crippen LogP contribution is 2.17. The molecule has 0 aromatic heterocycles. The Bertz CT molecular complexity index is 243. The van der Waals surface area contributed by atoms with Gasteiger partial charge in [0.2, 0.25) is 10.0 Å². The quantitative estimate of drug-likeness (QED) is 0.626. The van der Waals surface area contributed by atoms with Crippen molar-refractivity contribution in [1.82, 2.24) is 4.72 Å². The van der Waals surface area contributed by atoms with Crippen LogP contribution in [0.4, 0.5) is 0 Å². The molecule has 64 valence electrons. The van der Waals surface area contributed by atoms with Crippen molar-refractivity contribution >= 4 is 10.0 Å². The van der Waals surface area contributed by atoms with E-state index < -0.39 is 10.0 Å². The minimum Gasteiger partial charge on any atom is -0.218 e. The number of nitrogens with one attached hydrogen (secondary N) is 1. The lowest BCUT2D eigenvalue weighted by atomic mass is 10.1. The standard InChI is InChI=1S/C7H13NO2S/c1-8-11(9,10)7-5-3-2-4-6-7/h2-3,7-8H,4-6H2,1H3. The number of rotatable bonds is 2. The molecule has 0 aliphatic heterocycles. The van der Waals surface area contributed by atoms with Gasteiger partial charge in [-0.2, -0.15) is 0 Å². The molecule has 1 rings (SSSR count). The summed E-state index contributed by atoms with van der Waals surface area (Å²) >= 11 is 0. The molecule has 1 aliphatic carbocycles. The number of hydrogen-bond donors (Lipinski definition) is 1. The minimum atomic E-state index is -3.02. The largest absolute Gasteiger partial charge is 0.218 e. The van der Waals surface area contributed by atoms with E-state index in [-0.39, 0.29) is 5.25 Å². The Morgan fingerprint density at radius 1 is 1.45 bits per heavy atom. The molecule has 0 aromatic rings. The van der Waals surface area contributed by atoms with Crippen molar-refractivity contribution < 1.29 is 8.42 Å². The Morgan fingerprint density at radius 3 is 2.64 bits per heavy atom. The first kappa shape index (κ1) is 8.74. The molecule has 1 unspecified atom stereocenters. The Morgan fingerprint density at radius 2 is 2.18 bits per heavy atom. The Kier molecular flexibility index (Phi) is 2.67. The monoisotopic (exact) mass is 175 g/mol. The molecular weight excluding hydrogens is 162 g/mol. The Balaban J connectivity index is 2.68. The van der Waals surface area contributed by atoms with Crippen LogP contribution in [0.3, 0.4) is 0 Å². The van der Waals surface area contributed by atoms with Crippen molar-refractivity contribution in [2.45, 2.75) is 24.5 Å². The van der Waals surface area contributed by atoms with Gasteiger partial charge in [-0.1, -0.05) is 12.2 Å². The Labute approximate surface area is 67.5 Å². The molecule has 3 nitrogen and oxygen atoms in total. The highest BCUT2D eigenvalue weighted by Gasteiger charge is 2.23. The Hall–Kier alpha value is -0.350. The van der Waals surface area contributed by atoms with Crippen LogP contribution in [-0.2, 0) is 10.0 Å². The van der Waals surface area contributed by atoms with Crippen LogP contribution in [-0.4, -0.2) is 20.7 Å². The molecule has 0 amide bonds. The van der Waals surface area contributed by atoms with Crippen LogP contribution >= 0.6 is 0 Å². The summed E-state index contributed by atoms with van der Waals surface area (Å²) < 4.78 is 24.8. The van der Waals surface area contributed by atoms with Gasteiger partial charge >= 0.3 is 0 Å². The lowest BCUT2D eigenvalue weighted by molar-refractivity contribution is 0.560. The third kappa shape index (κ3) is 2.04. The third-order valence-corrected chi connectivity index (χ3v) is 3.82. The lowest BCUT2D eigenvalue weighted by Crippen LogP contribution is -2.32. The number of allylic oxidation sites excluding steroid dienone is 2. The molecule has 1 aliphatic rings. The van der Waals surface area contributed by atoms with Crippen LogP contribution in [0.2, 0.25) is 0 Å². The highest BCUT2D eigenvalue weighted by atomic mass is 32.2. The summed E-state index contributed by atoms with van der Waals surface area (Å²) in [5.74, 6) is 0. The second kappa shape index (κ2) is 3.36. The van der Waals surface area contributed by atoms with E-state index in [4.69, 9.17) is 0 Å². The molecule has 0 heterocycles. The van der Waals surface area contributed by atoms with Crippen molar-refractivity contribution in [3.05, 3.63) is 12.2 Å². The fraction of sp³-hybridized carbons (Fsp3) is 0.714. The first-order valence-corrected chi connectivity index (χ1v) is 5.29. The lowest BCUT2D eigenvalue weighted by Gasteiger charge is -2.16. The number of hydrogen-bond acceptors (Lipinski definition) is 2. The summed E-state index contributed by atoms with van der Waals surface area (Å²) in [5, 5.41) is -0.211. The molecule has 0 bridgehead atoms. The van der Waals surface area contributed by atoms with Crippen molar-refractivity contribution in [3.8, 4) is 0 Å². The first-order chi connectivity index (χ1) is 5.17. The van der Waals surface area contributed by atoms with Crippen LogP contribution in [0.1, 0.15) is 19.3 Å². The second-order valence-corrected chi connectivity index (χ2v) is 4.82. The average Bonchev–Trinajstić information content (AvgIpc) is 2.06. The zero-order valence-corrected chi connectivity index (χ0v) is 7.39. The maximum Gasteiger partial charge on any atom is 0.214 e. The van der Waals surface area contributed by atoms with E-state index in [9.17, 15) is 8.42 Å². The zero-order chi connectivity index (χ0) is 8.32. The van der Waals surface area contributed by atoms with Gasteiger partial charge in [0, 0.05) is 0 Å². The molecule has 0 saturated carbocycles. The van der Waals surface area contributed by atoms with Crippen molar-refractivity contribution in [1.29, 1.82) is 0 Å². The summed E-state index contributed by atoms with van der Waals surface area (Å²) in [7, 11) is -1.56. The van der Waals surface area contributed by atoms with Gasteiger partial charge in [-0.15, -0.1) is 0 Å². The van der Waals surface area contributed by atoms with Gasteiger partial charge in [-0.3, -0.25) is 0 Å². The van der Waals surface area contributed by atoms with Crippen LogP contribution in [0.5, 0.6) is 0 Å². The van der Waals surface area contributed by atoms with Crippen LogP contribution in [0.25, 0.3) is 0 Å². The zero-order valence-electron chi connectivity index (χ0n) is 6.58. The van der Waals surface area contributed by atoms with E-state index >= 15 is 0 Å². The molecule has 11 heavy (non-hydrogen) atoms. The van der Waals surface area contributed by atoms with E-state index in [1.54, 1.807) is 0 Å². The molecule has 4 heteroatoms. The van der Waals surface area contributed by atoms with E-state index in [0.717, 1.165) is 12.8 Å². The van der Waals surface area contributed by atoms with Crippen LogP contribution in [0.15, 0.2) is 12.2 Å². The van der Waals surface area contributed by atoms with Gasteiger partial charge in [0.05, 0.1) is 5.25 Å². The van der Waals surface area contributed by atoms with Gasteiger partial charge in [-0.25, -0.2) is 13.1 Å². The third-order valence-electron chi connectivity index (χ3n) is 1.94. The van der Waals surface area contributed by atoms with E-state index in [2.05, 4.69) is 4.72 Å². The maximum absolute atomic E-state index is 11.2. The molecule has 1 N–H and O–H groups in total. The van der Waals surface area contributed by atoms with Crippen LogP contribution in [0, 0.1) is 0 Å². The van der Waals surface area contributed by atoms with E-state index in [1.807, 2.05) is 12.2 Å². The minimum absolute atomic E-state index is 0.211. The fourth-order valence-corrected chi connectivity index (χ4v) is 2.36. The summed E-state index contributed by atoms with van der Waals surface area (Å²) in [4.78, 5) is 0. The number of sulfonamides is 1. The normalized spacial score (nSPS) is 25.4. The van der Waals surface area contributed by atoms with Gasteiger partial charge in [0.15, 0.2) is 0 Å². The van der Waals surface area contributed by atoms with Crippen molar-refractivity contribution in [2.24, 2.45) is 0 Å². The highest BCUT2D eigenvalue weighted by molar-refractivity contribution is 7.90. The summed E-state index contributed by atoms with van der Waals surface area (Å²) in [6.07, 6.45) is 6.25. The van der Waals surface area contributed by atoms with Gasteiger partial charge in [0.25, 0.3) is 0 Å². The SMILES string of the molecule is CNS(=O)(=O)C1CC=CCC1. The predicted molar refractivity (Wildman–Crippen MR) is 44.8 cm³/mol. The topological polar surface area (TPSA) is 46.2 Å². The van der Waals surface area contributed by atoms with E-state index in [1.165, 1.54) is 7.05 Å². The molecule has 0 fully saturated rings. The predicted octanol–water partition coefficient (Wildman–Crippen LogP) is 0.644. The van der Waals surface area contributed by atoms with Crippen molar-refractivity contribution in [3.63, 3.8) is 0 Å². The molecule has 0 saturated heterocycles. The molecule has 0 aromatic carbocycles. The molecule has 1 atom stereocenters. The van der Waals surface area contributed by atoms with E-state index in [0.29, 0.717) is 6.42 Å². The van der Waals surface area contributed by atoms with Gasteiger partial charge < -0.3 is 0 Å². The average molecular weight is 175 g/mol. The summed E-state index contributed by atoms with van der Waals surface area (Å²) in [6, 6.07) is 0. The second-order valence-electron chi connectivity index (χ2n) is 2.66. The molecule has 0 spiro atoms.